The molecule has 356 valence electrons. The molecule has 5 aliphatic rings. The number of fused-ring (bicyclic) bond motifs is 6. The van der Waals surface area contributed by atoms with Crippen molar-refractivity contribution in [2.24, 2.45) is 16.8 Å². The predicted molar refractivity (Wildman–Crippen MR) is 256 cm³/mol. The van der Waals surface area contributed by atoms with Crippen molar-refractivity contribution in [1.29, 1.82) is 0 Å². The van der Waals surface area contributed by atoms with Gasteiger partial charge in [-0.05, 0) is 115 Å². The van der Waals surface area contributed by atoms with E-state index in [1.807, 2.05) is 24.3 Å². The van der Waals surface area contributed by atoms with E-state index < -0.39 is 38.3 Å². The van der Waals surface area contributed by atoms with Gasteiger partial charge in [0.2, 0.25) is 11.8 Å². The first-order valence-electron chi connectivity index (χ1n) is 23.7. The minimum atomic E-state index is -3.26. The molecule has 2 saturated heterocycles. The van der Waals surface area contributed by atoms with Crippen LogP contribution in [0.15, 0.2) is 65.8 Å². The molecule has 3 amide bonds. The molecule has 1 aromatic heterocycles. The highest BCUT2D eigenvalue weighted by Crippen LogP contribution is 2.53. The van der Waals surface area contributed by atoms with Crippen LogP contribution in [-0.4, -0.2) is 116 Å². The Morgan fingerprint density at radius 2 is 1.61 bits per heavy atom. The summed E-state index contributed by atoms with van der Waals surface area (Å²) in [7, 11) is 2.43. The van der Waals surface area contributed by atoms with Gasteiger partial charge in [0.15, 0.2) is 0 Å². The quantitative estimate of drug-likeness (QED) is 0.0890. The number of piperidine rings is 1. The van der Waals surface area contributed by atoms with Gasteiger partial charge in [0.05, 0.1) is 63.7 Å². The Labute approximate surface area is 392 Å². The van der Waals surface area contributed by atoms with Crippen molar-refractivity contribution in [3.8, 4) is 33.5 Å². The average Bonchev–Trinajstić information content (AvgIpc) is 4.14. The number of alkyl carbamates (subject to hydrolysis) is 1. The van der Waals surface area contributed by atoms with Crippen molar-refractivity contribution >= 4 is 37.4 Å². The number of methoxy groups -OCH3 is 3. The first-order valence-corrected chi connectivity index (χ1v) is 27.1. The number of amides is 3. The Morgan fingerprint density at radius 3 is 2.31 bits per heavy atom. The zero-order valence-corrected chi connectivity index (χ0v) is 40.8. The minimum absolute atomic E-state index is 0.0253. The first kappa shape index (κ1) is 46.8. The molecule has 1 saturated carbocycles. The van der Waals surface area contributed by atoms with Crippen LogP contribution in [-0.2, 0) is 36.1 Å². The van der Waals surface area contributed by atoms with Gasteiger partial charge >= 0.3 is 6.09 Å². The van der Waals surface area contributed by atoms with E-state index in [1.165, 1.54) is 14.2 Å². The number of halogens is 2. The number of aromatic amines is 1. The minimum Gasteiger partial charge on any atom is -0.453 e. The van der Waals surface area contributed by atoms with Gasteiger partial charge in [0, 0.05) is 48.8 Å². The highest BCUT2D eigenvalue weighted by atomic mass is 28.3. The molecule has 3 aliphatic heterocycles. The number of carbonyl (C=O) groups excluding carboxylic acids is 3. The van der Waals surface area contributed by atoms with Crippen LogP contribution in [0, 0.1) is 11.8 Å². The molecule has 9 rings (SSSR count). The molecule has 2 aliphatic carbocycles. The van der Waals surface area contributed by atoms with E-state index in [2.05, 4.69) is 53.5 Å². The second-order valence-corrected chi connectivity index (χ2v) is 25.3. The number of likely N-dealkylation sites (tertiary alicyclic amines) is 1. The van der Waals surface area contributed by atoms with Crippen LogP contribution in [0.4, 0.5) is 19.3 Å². The molecule has 0 spiro atoms. The summed E-state index contributed by atoms with van der Waals surface area (Å²) in [6.45, 7) is 10.6. The molecular formula is C51H63F2N7O6Si. The third kappa shape index (κ3) is 8.63. The number of benzene rings is 3. The number of nitrogens with zero attached hydrogens (tertiary/aromatic N) is 4. The maximum absolute atomic E-state index is 16.7. The number of carbonyl (C=O) groups is 3. The summed E-state index contributed by atoms with van der Waals surface area (Å²) in [5, 5.41) is 5.95. The molecule has 3 fully saturated rings. The van der Waals surface area contributed by atoms with Crippen molar-refractivity contribution in [1.82, 2.24) is 30.4 Å². The van der Waals surface area contributed by atoms with Crippen LogP contribution in [0.3, 0.4) is 0 Å². The van der Waals surface area contributed by atoms with E-state index in [1.54, 1.807) is 49.4 Å². The lowest BCUT2D eigenvalue weighted by Gasteiger charge is -2.39. The van der Waals surface area contributed by atoms with E-state index in [-0.39, 0.29) is 47.0 Å². The lowest BCUT2D eigenvalue weighted by atomic mass is 9.90. The largest absolute Gasteiger partial charge is 0.453 e. The highest BCUT2D eigenvalue weighted by Gasteiger charge is 2.52. The molecule has 4 aromatic rings. The fraction of sp³-hybridized carbons (Fsp3) is 0.510. The lowest BCUT2D eigenvalue weighted by Crippen LogP contribution is -2.57. The summed E-state index contributed by atoms with van der Waals surface area (Å²) in [5.41, 5.74) is 6.59. The Kier molecular flexibility index (Phi) is 12.8. The van der Waals surface area contributed by atoms with E-state index in [4.69, 9.17) is 24.2 Å². The van der Waals surface area contributed by atoms with Gasteiger partial charge in [-0.2, -0.15) is 8.78 Å². The molecule has 4 heterocycles. The normalized spacial score (nSPS) is 23.5. The number of aryl methyl sites for hydroxylation is 1. The number of aliphatic imine (C=N–C) groups is 1. The summed E-state index contributed by atoms with van der Waals surface area (Å²) in [6, 6.07) is 15.8. The standard InChI is InChI=1S/C51H63F2N7O6Si/c1-28(2)44(55-26-64-4)49(62)60-35-16-12-34(21-35)46(60)41-11-9-10-32-20-30(15-19-40(32)56-41)31-13-17-36-37-18-14-33(23-39(37)51(52,53)38(36)22-31)42-24-54-47(57-42)43-25-67(7,8)27-59(43)48(61)45(29(3)65-5)58-50(63)66-6/h13-15,17-20,22-24,28-29,34-35,43-46,55H,9-12,16,21,25-27H2,1-8H3,(H,54,57)(H,58,63). The van der Waals surface area contributed by atoms with Crippen molar-refractivity contribution in [2.45, 2.75) is 121 Å². The van der Waals surface area contributed by atoms with Crippen LogP contribution in [0.5, 0.6) is 0 Å². The molecule has 2 bridgehead atoms. The number of rotatable bonds is 13. The first-order chi connectivity index (χ1) is 32.0. The maximum Gasteiger partial charge on any atom is 0.407 e. The molecule has 16 heteroatoms. The molecule has 67 heavy (non-hydrogen) atoms. The maximum atomic E-state index is 16.7. The van der Waals surface area contributed by atoms with Crippen molar-refractivity contribution in [3.63, 3.8) is 0 Å². The van der Waals surface area contributed by atoms with Gasteiger partial charge in [-0.1, -0.05) is 57.3 Å². The topological polar surface area (TPSA) is 150 Å². The second-order valence-electron chi connectivity index (χ2n) is 20.3. The van der Waals surface area contributed by atoms with Crippen LogP contribution < -0.4 is 10.6 Å². The fourth-order valence-electron chi connectivity index (χ4n) is 11.5. The number of hydrogen-bond acceptors (Lipinski definition) is 9. The summed E-state index contributed by atoms with van der Waals surface area (Å²) in [5.74, 6) is -2.38. The number of H-pyrrole nitrogens is 1. The van der Waals surface area contributed by atoms with Gasteiger partial charge < -0.3 is 34.3 Å². The fourth-order valence-corrected chi connectivity index (χ4v) is 14.4. The van der Waals surface area contributed by atoms with Gasteiger partial charge in [-0.25, -0.2) is 9.78 Å². The number of imidazole rings is 1. The number of nitrogens with one attached hydrogen (secondary N) is 3. The lowest BCUT2D eigenvalue weighted by molar-refractivity contribution is -0.138. The number of alkyl halides is 2. The second kappa shape index (κ2) is 18.3. The van der Waals surface area contributed by atoms with Crippen LogP contribution >= 0.6 is 0 Å². The highest BCUT2D eigenvalue weighted by molar-refractivity contribution is 6.78. The summed E-state index contributed by atoms with van der Waals surface area (Å²) in [4.78, 5) is 57.7. The van der Waals surface area contributed by atoms with E-state index in [0.717, 1.165) is 67.1 Å². The molecule has 0 radical (unpaired) electrons. The average molecular weight is 936 g/mol. The number of ether oxygens (including phenoxy) is 3. The van der Waals surface area contributed by atoms with Crippen LogP contribution in [0.2, 0.25) is 19.1 Å². The smallest absolute Gasteiger partial charge is 0.407 e. The van der Waals surface area contributed by atoms with E-state index in [9.17, 15) is 14.4 Å². The van der Waals surface area contributed by atoms with Crippen LogP contribution in [0.1, 0.15) is 81.4 Å². The molecule has 3 N–H and O–H groups in total. The van der Waals surface area contributed by atoms with Gasteiger partial charge in [0.1, 0.15) is 11.9 Å². The SMILES string of the molecule is COCNC(C(=O)N1C2CCC(C2)C1C1=Nc2ccc(-c3ccc4c(c3)C(F)(F)c3cc(-c5cnc(C6C[Si](C)(C)CN6C(=O)C(NC(=O)OC)C(C)OC)[nH]5)ccc3-4)cc2CCC1)C(C)C. The van der Waals surface area contributed by atoms with Gasteiger partial charge in [-0.3, -0.25) is 19.9 Å². The molecule has 13 nitrogen and oxygen atoms in total. The van der Waals surface area contributed by atoms with Gasteiger partial charge in [-0.15, -0.1) is 0 Å². The van der Waals surface area contributed by atoms with Crippen molar-refractivity contribution < 1.29 is 37.4 Å². The third-order valence-electron chi connectivity index (χ3n) is 14.9. The Balaban J connectivity index is 0.950. The van der Waals surface area contributed by atoms with E-state index in [0.29, 0.717) is 52.6 Å². The Morgan fingerprint density at radius 1 is 0.910 bits per heavy atom. The monoisotopic (exact) mass is 935 g/mol. The molecule has 7 atom stereocenters. The Bertz CT molecular complexity index is 2600. The van der Waals surface area contributed by atoms with Crippen molar-refractivity contribution in [2.75, 3.05) is 34.2 Å². The molecular weight excluding hydrogens is 873 g/mol. The number of aromatic nitrogens is 2. The summed E-state index contributed by atoms with van der Waals surface area (Å²) < 4.78 is 49.0. The van der Waals surface area contributed by atoms with Crippen LogP contribution in [0.25, 0.3) is 33.5 Å². The zero-order chi connectivity index (χ0) is 47.5. The predicted octanol–water partition coefficient (Wildman–Crippen LogP) is 8.76. The van der Waals surface area contributed by atoms with E-state index >= 15 is 8.78 Å². The zero-order valence-electron chi connectivity index (χ0n) is 39.8. The van der Waals surface area contributed by atoms with Gasteiger partial charge in [0.25, 0.3) is 5.92 Å². The molecule has 3 aromatic carbocycles. The molecule has 7 unspecified atom stereocenters. The third-order valence-corrected chi connectivity index (χ3v) is 17.6. The Hall–Kier alpha value is -5.29. The summed E-state index contributed by atoms with van der Waals surface area (Å²) in [6.07, 6.45) is 6.43. The summed E-state index contributed by atoms with van der Waals surface area (Å²) >= 11 is 0. The number of hydrogen-bond donors (Lipinski definition) is 3. The van der Waals surface area contributed by atoms with Crippen molar-refractivity contribution in [3.05, 3.63) is 83.3 Å².